The van der Waals surface area contributed by atoms with Crippen molar-refractivity contribution >= 4 is 11.9 Å². The van der Waals surface area contributed by atoms with Crippen molar-refractivity contribution in [2.75, 3.05) is 13.2 Å². The maximum absolute atomic E-state index is 10.8. The number of aliphatic carboxylic acids is 2. The van der Waals surface area contributed by atoms with Crippen molar-refractivity contribution < 1.29 is 37.7 Å². The topological polar surface area (TPSA) is 110 Å². The van der Waals surface area contributed by atoms with Crippen molar-refractivity contribution in [2.45, 2.75) is 37.8 Å². The van der Waals surface area contributed by atoms with E-state index in [1.54, 1.807) is 0 Å². The number of halogens is 3. The van der Waals surface area contributed by atoms with Crippen molar-refractivity contribution in [2.24, 2.45) is 5.73 Å². The molecule has 0 spiro atoms. The van der Waals surface area contributed by atoms with E-state index in [1.807, 2.05) is 18.2 Å². The second-order valence-electron chi connectivity index (χ2n) is 5.49. The van der Waals surface area contributed by atoms with E-state index < -0.39 is 18.1 Å². The van der Waals surface area contributed by atoms with Crippen molar-refractivity contribution in [1.82, 2.24) is 0 Å². The highest BCUT2D eigenvalue weighted by Gasteiger charge is 2.38. The third-order valence-electron chi connectivity index (χ3n) is 3.60. The summed E-state index contributed by atoms with van der Waals surface area (Å²) >= 11 is 0. The van der Waals surface area contributed by atoms with E-state index in [1.165, 1.54) is 11.1 Å². The summed E-state index contributed by atoms with van der Waals surface area (Å²) in [5.74, 6) is -2.46. The van der Waals surface area contributed by atoms with Gasteiger partial charge in [0.1, 0.15) is 5.75 Å². The van der Waals surface area contributed by atoms with E-state index in [0.717, 1.165) is 25.0 Å². The number of fused-ring (bicyclic) bond motifs is 1. The van der Waals surface area contributed by atoms with Crippen LogP contribution in [0.2, 0.25) is 0 Å². The Labute approximate surface area is 142 Å². The van der Waals surface area contributed by atoms with E-state index in [4.69, 9.17) is 25.5 Å². The summed E-state index contributed by atoms with van der Waals surface area (Å²) < 4.78 is 37.3. The summed E-state index contributed by atoms with van der Waals surface area (Å²) in [6, 6.07) is 5.97. The smallest absolute Gasteiger partial charge is 0.490 e. The minimum atomic E-state index is -5.08. The Balaban J connectivity index is 0.000000381. The second kappa shape index (κ2) is 9.26. The Kier molecular flexibility index (Phi) is 7.69. The molecule has 4 N–H and O–H groups in total. The number of benzene rings is 1. The van der Waals surface area contributed by atoms with E-state index in [-0.39, 0.29) is 12.3 Å². The molecule has 0 unspecified atom stereocenters. The van der Waals surface area contributed by atoms with Gasteiger partial charge in [-0.05, 0) is 55.0 Å². The Bertz CT molecular complexity index is 604. The van der Waals surface area contributed by atoms with Crippen molar-refractivity contribution in [3.63, 3.8) is 0 Å². The van der Waals surface area contributed by atoms with Crippen LogP contribution >= 0.6 is 0 Å². The van der Waals surface area contributed by atoms with E-state index in [2.05, 4.69) is 0 Å². The minimum Gasteiger partial charge on any atom is -0.494 e. The first-order valence-corrected chi connectivity index (χ1v) is 7.62. The average Bonchev–Trinajstić information content (AvgIpc) is 2.89. The van der Waals surface area contributed by atoms with Gasteiger partial charge in [-0.1, -0.05) is 6.07 Å². The maximum atomic E-state index is 10.8. The molecule has 25 heavy (non-hydrogen) atoms. The highest BCUT2D eigenvalue weighted by molar-refractivity contribution is 5.73. The van der Waals surface area contributed by atoms with Gasteiger partial charge in [0.15, 0.2) is 0 Å². The maximum Gasteiger partial charge on any atom is 0.490 e. The molecule has 0 bridgehead atoms. The van der Waals surface area contributed by atoms with Crippen LogP contribution in [-0.2, 0) is 16.0 Å². The molecule has 0 saturated carbocycles. The van der Waals surface area contributed by atoms with Gasteiger partial charge in [-0.15, -0.1) is 0 Å². The zero-order valence-corrected chi connectivity index (χ0v) is 13.4. The fourth-order valence-electron chi connectivity index (χ4n) is 2.47. The molecule has 0 aliphatic heterocycles. The third kappa shape index (κ3) is 7.00. The number of carboxylic acids is 2. The molecular formula is C16H20F3NO5. The fraction of sp³-hybridized carbons (Fsp3) is 0.500. The van der Waals surface area contributed by atoms with Crippen molar-refractivity contribution in [1.29, 1.82) is 0 Å². The average molecular weight is 363 g/mol. The highest BCUT2D eigenvalue weighted by Crippen LogP contribution is 2.37. The number of rotatable bonds is 6. The SMILES string of the molecule is NCCCOc1ccc2c(c1)CC[C@H]2CC(=O)O.O=C(O)C(F)(F)F. The lowest BCUT2D eigenvalue weighted by molar-refractivity contribution is -0.192. The van der Waals surface area contributed by atoms with Gasteiger partial charge in [0.05, 0.1) is 13.0 Å². The molecule has 1 aromatic rings. The minimum absolute atomic E-state index is 0.163. The second-order valence-corrected chi connectivity index (χ2v) is 5.49. The normalized spacial score (nSPS) is 15.8. The first-order chi connectivity index (χ1) is 11.6. The monoisotopic (exact) mass is 363 g/mol. The number of ether oxygens (including phenoxy) is 1. The molecule has 1 atom stereocenters. The lowest BCUT2D eigenvalue weighted by Crippen LogP contribution is -2.21. The zero-order valence-electron chi connectivity index (χ0n) is 13.4. The standard InChI is InChI=1S/C14H19NO3.C2HF3O2/c15-6-1-7-18-12-4-5-13-10(8-12)2-3-11(13)9-14(16)17;3-2(4,5)1(6)7/h4-5,8,11H,1-3,6-7,9,15H2,(H,16,17);(H,6,7)/t11-;/m0./s1. The lowest BCUT2D eigenvalue weighted by atomic mass is 9.98. The van der Waals surface area contributed by atoms with Crippen LogP contribution in [-0.4, -0.2) is 41.5 Å². The van der Waals surface area contributed by atoms with Gasteiger partial charge in [-0.2, -0.15) is 13.2 Å². The van der Waals surface area contributed by atoms with Gasteiger partial charge in [0.2, 0.25) is 0 Å². The number of hydrogen-bond donors (Lipinski definition) is 3. The molecule has 9 heteroatoms. The van der Waals surface area contributed by atoms with Crippen LogP contribution in [0.3, 0.4) is 0 Å². The quantitative estimate of drug-likeness (QED) is 0.670. The first kappa shape index (κ1) is 20.8. The van der Waals surface area contributed by atoms with Gasteiger partial charge < -0.3 is 20.7 Å². The molecule has 0 aromatic heterocycles. The summed E-state index contributed by atoms with van der Waals surface area (Å²) in [7, 11) is 0. The number of hydrogen-bond acceptors (Lipinski definition) is 4. The Morgan fingerprint density at radius 1 is 1.28 bits per heavy atom. The molecule has 0 radical (unpaired) electrons. The Morgan fingerprint density at radius 2 is 1.92 bits per heavy atom. The summed E-state index contributed by atoms with van der Waals surface area (Å²) in [6.07, 6.45) is -2.14. The molecule has 0 fully saturated rings. The molecule has 140 valence electrons. The molecular weight excluding hydrogens is 343 g/mol. The Morgan fingerprint density at radius 3 is 2.44 bits per heavy atom. The van der Waals surface area contributed by atoms with E-state index in [9.17, 15) is 18.0 Å². The molecule has 0 amide bonds. The third-order valence-corrected chi connectivity index (χ3v) is 3.60. The van der Waals surface area contributed by atoms with Crippen LogP contribution in [0.1, 0.15) is 36.3 Å². The molecule has 2 rings (SSSR count). The molecule has 1 aliphatic rings. The van der Waals surface area contributed by atoms with E-state index >= 15 is 0 Å². The highest BCUT2D eigenvalue weighted by atomic mass is 19.4. The van der Waals surface area contributed by atoms with Gasteiger partial charge >= 0.3 is 18.1 Å². The Hall–Kier alpha value is -2.29. The van der Waals surface area contributed by atoms with Crippen LogP contribution < -0.4 is 10.5 Å². The molecule has 6 nitrogen and oxygen atoms in total. The molecule has 1 aliphatic carbocycles. The predicted molar refractivity (Wildman–Crippen MR) is 82.6 cm³/mol. The first-order valence-electron chi connectivity index (χ1n) is 7.62. The predicted octanol–water partition coefficient (Wildman–Crippen LogP) is 2.55. The number of nitrogens with two attached hydrogens (primary N) is 1. The summed E-state index contributed by atoms with van der Waals surface area (Å²) in [6.45, 7) is 1.26. The number of aryl methyl sites for hydroxylation is 1. The van der Waals surface area contributed by atoms with Crippen molar-refractivity contribution in [3.8, 4) is 5.75 Å². The molecule has 0 heterocycles. The molecule has 1 aromatic carbocycles. The summed E-state index contributed by atoms with van der Waals surface area (Å²) in [4.78, 5) is 19.7. The molecule has 0 saturated heterocycles. The number of alkyl halides is 3. The van der Waals surface area contributed by atoms with Crippen LogP contribution in [0, 0.1) is 0 Å². The van der Waals surface area contributed by atoms with Gasteiger partial charge in [0, 0.05) is 0 Å². The van der Waals surface area contributed by atoms with Crippen LogP contribution in [0.15, 0.2) is 18.2 Å². The van der Waals surface area contributed by atoms with Gasteiger partial charge in [0.25, 0.3) is 0 Å². The van der Waals surface area contributed by atoms with Gasteiger partial charge in [-0.25, -0.2) is 4.79 Å². The number of carboxylic acid groups (broad SMARTS) is 2. The van der Waals surface area contributed by atoms with Crippen LogP contribution in [0.25, 0.3) is 0 Å². The van der Waals surface area contributed by atoms with Gasteiger partial charge in [-0.3, -0.25) is 4.79 Å². The van der Waals surface area contributed by atoms with Crippen LogP contribution in [0.4, 0.5) is 13.2 Å². The number of carbonyl (C=O) groups is 2. The zero-order chi connectivity index (χ0) is 19.0. The fourth-order valence-corrected chi connectivity index (χ4v) is 2.47. The van der Waals surface area contributed by atoms with E-state index in [0.29, 0.717) is 13.2 Å². The van der Waals surface area contributed by atoms with Crippen molar-refractivity contribution in [3.05, 3.63) is 29.3 Å². The van der Waals surface area contributed by atoms with Crippen LogP contribution in [0.5, 0.6) is 5.75 Å². The summed E-state index contributed by atoms with van der Waals surface area (Å²) in [5.41, 5.74) is 7.81. The lowest BCUT2D eigenvalue weighted by Gasteiger charge is -2.10. The largest absolute Gasteiger partial charge is 0.494 e. The summed E-state index contributed by atoms with van der Waals surface area (Å²) in [5, 5.41) is 16.0.